The van der Waals surface area contributed by atoms with Crippen molar-refractivity contribution >= 4 is 5.82 Å². The van der Waals surface area contributed by atoms with Crippen LogP contribution in [0.1, 0.15) is 17.2 Å². The van der Waals surface area contributed by atoms with E-state index in [1.807, 2.05) is 12.1 Å². The Bertz CT molecular complexity index is 587. The van der Waals surface area contributed by atoms with Crippen molar-refractivity contribution < 1.29 is 14.6 Å². The highest BCUT2D eigenvalue weighted by atomic mass is 16.5. The highest BCUT2D eigenvalue weighted by Crippen LogP contribution is 2.31. The van der Waals surface area contributed by atoms with Crippen LogP contribution in [0.2, 0.25) is 0 Å². The minimum Gasteiger partial charge on any atom is -0.493 e. The fraction of sp³-hybridized carbons (Fsp3) is 0.267. The largest absolute Gasteiger partial charge is 0.493 e. The second kappa shape index (κ2) is 6.25. The molecule has 2 rings (SSSR count). The van der Waals surface area contributed by atoms with Crippen molar-refractivity contribution in [1.82, 2.24) is 4.98 Å². The van der Waals surface area contributed by atoms with Gasteiger partial charge >= 0.3 is 0 Å². The van der Waals surface area contributed by atoms with Crippen LogP contribution in [-0.2, 0) is 6.42 Å². The van der Waals surface area contributed by atoms with Gasteiger partial charge in [0.1, 0.15) is 5.82 Å². The summed E-state index contributed by atoms with van der Waals surface area (Å²) in [6.07, 6.45) is 1.45. The molecule has 0 saturated heterocycles. The third-order valence-electron chi connectivity index (χ3n) is 3.07. The molecule has 0 amide bonds. The molecular weight excluding hydrogens is 256 g/mol. The molecule has 2 aromatic rings. The van der Waals surface area contributed by atoms with Gasteiger partial charge in [0.05, 0.1) is 20.3 Å². The molecule has 5 nitrogen and oxygen atoms in total. The van der Waals surface area contributed by atoms with Crippen LogP contribution < -0.4 is 15.2 Å². The zero-order valence-corrected chi connectivity index (χ0v) is 11.5. The molecule has 1 unspecified atom stereocenters. The van der Waals surface area contributed by atoms with Crippen molar-refractivity contribution in [2.75, 3.05) is 20.0 Å². The number of nitrogens with zero attached hydrogens (tertiary/aromatic N) is 1. The van der Waals surface area contributed by atoms with E-state index in [1.54, 1.807) is 38.6 Å². The summed E-state index contributed by atoms with van der Waals surface area (Å²) in [4.78, 5) is 3.93. The molecule has 0 aliphatic carbocycles. The SMILES string of the molecule is COc1ccc(C(O)Cc2ccnc(N)c2)cc1OC. The number of aliphatic hydroxyl groups excluding tert-OH is 1. The molecule has 1 heterocycles. The van der Waals surface area contributed by atoms with E-state index in [0.29, 0.717) is 23.7 Å². The van der Waals surface area contributed by atoms with E-state index in [4.69, 9.17) is 15.2 Å². The van der Waals surface area contributed by atoms with Crippen molar-refractivity contribution in [3.8, 4) is 11.5 Å². The standard InChI is InChI=1S/C15H18N2O3/c1-19-13-4-3-11(9-14(13)20-2)12(18)7-10-5-6-17-15(16)8-10/h3-6,8-9,12,18H,7H2,1-2H3,(H2,16,17). The van der Waals surface area contributed by atoms with Crippen molar-refractivity contribution in [1.29, 1.82) is 0 Å². The number of pyridine rings is 1. The molecule has 0 aliphatic rings. The molecule has 0 bridgehead atoms. The van der Waals surface area contributed by atoms with Gasteiger partial charge in [-0.1, -0.05) is 6.07 Å². The molecule has 0 radical (unpaired) electrons. The number of anilines is 1. The topological polar surface area (TPSA) is 77.6 Å². The second-order valence-electron chi connectivity index (χ2n) is 4.42. The van der Waals surface area contributed by atoms with E-state index in [-0.39, 0.29) is 0 Å². The molecule has 5 heteroatoms. The Morgan fingerprint density at radius 2 is 1.90 bits per heavy atom. The van der Waals surface area contributed by atoms with Crippen molar-refractivity contribution in [3.05, 3.63) is 47.7 Å². The van der Waals surface area contributed by atoms with E-state index in [9.17, 15) is 5.11 Å². The molecule has 1 atom stereocenters. The molecule has 3 N–H and O–H groups in total. The summed E-state index contributed by atoms with van der Waals surface area (Å²) < 4.78 is 10.4. The van der Waals surface area contributed by atoms with Crippen LogP contribution in [0.15, 0.2) is 36.5 Å². The highest BCUT2D eigenvalue weighted by Gasteiger charge is 2.12. The Hall–Kier alpha value is -2.27. The zero-order chi connectivity index (χ0) is 14.5. The Morgan fingerprint density at radius 1 is 1.15 bits per heavy atom. The predicted molar refractivity (Wildman–Crippen MR) is 76.9 cm³/mol. The van der Waals surface area contributed by atoms with Gasteiger partial charge in [-0.3, -0.25) is 0 Å². The van der Waals surface area contributed by atoms with E-state index in [0.717, 1.165) is 11.1 Å². The van der Waals surface area contributed by atoms with Gasteiger partial charge in [-0.25, -0.2) is 4.98 Å². The monoisotopic (exact) mass is 274 g/mol. The summed E-state index contributed by atoms with van der Waals surface area (Å²) in [7, 11) is 3.14. The number of rotatable bonds is 5. The smallest absolute Gasteiger partial charge is 0.161 e. The molecule has 0 saturated carbocycles. The van der Waals surface area contributed by atoms with Crippen molar-refractivity contribution in [2.24, 2.45) is 0 Å². The average molecular weight is 274 g/mol. The first-order chi connectivity index (χ1) is 9.63. The van der Waals surface area contributed by atoms with E-state index >= 15 is 0 Å². The molecule has 20 heavy (non-hydrogen) atoms. The minimum absolute atomic E-state index is 0.446. The first-order valence-electron chi connectivity index (χ1n) is 6.24. The number of nitrogen functional groups attached to an aromatic ring is 1. The van der Waals surface area contributed by atoms with Gasteiger partial charge in [0, 0.05) is 12.6 Å². The number of aromatic nitrogens is 1. The lowest BCUT2D eigenvalue weighted by Crippen LogP contribution is -2.03. The third-order valence-corrected chi connectivity index (χ3v) is 3.07. The Morgan fingerprint density at radius 3 is 2.55 bits per heavy atom. The second-order valence-corrected chi connectivity index (χ2v) is 4.42. The summed E-state index contributed by atoms with van der Waals surface area (Å²) in [6, 6.07) is 8.95. The maximum Gasteiger partial charge on any atom is 0.161 e. The molecule has 1 aromatic heterocycles. The lowest BCUT2D eigenvalue weighted by atomic mass is 10.0. The summed E-state index contributed by atoms with van der Waals surface area (Å²) >= 11 is 0. The summed E-state index contributed by atoms with van der Waals surface area (Å²) in [5.74, 6) is 1.68. The average Bonchev–Trinajstić information content (AvgIpc) is 2.46. The van der Waals surface area contributed by atoms with E-state index < -0.39 is 6.10 Å². The van der Waals surface area contributed by atoms with Crippen LogP contribution in [0, 0.1) is 0 Å². The van der Waals surface area contributed by atoms with Crippen LogP contribution in [0.4, 0.5) is 5.82 Å². The van der Waals surface area contributed by atoms with Gasteiger partial charge in [-0.2, -0.15) is 0 Å². The van der Waals surface area contributed by atoms with Gasteiger partial charge in [-0.15, -0.1) is 0 Å². The van der Waals surface area contributed by atoms with Gasteiger partial charge in [0.25, 0.3) is 0 Å². The Labute approximate surface area is 118 Å². The van der Waals surface area contributed by atoms with Crippen molar-refractivity contribution in [2.45, 2.75) is 12.5 Å². The maximum absolute atomic E-state index is 10.3. The van der Waals surface area contributed by atoms with Gasteiger partial charge in [0.15, 0.2) is 11.5 Å². The Balaban J connectivity index is 2.18. The molecule has 1 aromatic carbocycles. The summed E-state index contributed by atoms with van der Waals surface area (Å²) in [5, 5.41) is 10.3. The predicted octanol–water partition coefficient (Wildman–Crippen LogP) is 1.96. The number of nitrogens with two attached hydrogens (primary N) is 1. The molecule has 0 fully saturated rings. The maximum atomic E-state index is 10.3. The van der Waals surface area contributed by atoms with E-state index in [1.165, 1.54) is 0 Å². The number of hydrogen-bond donors (Lipinski definition) is 2. The van der Waals surface area contributed by atoms with Gasteiger partial charge < -0.3 is 20.3 Å². The number of methoxy groups -OCH3 is 2. The third kappa shape index (κ3) is 3.19. The highest BCUT2D eigenvalue weighted by molar-refractivity contribution is 5.44. The molecular formula is C15H18N2O3. The first-order valence-corrected chi connectivity index (χ1v) is 6.24. The molecule has 0 aliphatic heterocycles. The summed E-state index contributed by atoms with van der Waals surface area (Å²) in [6.45, 7) is 0. The molecule has 0 spiro atoms. The minimum atomic E-state index is -0.642. The number of hydrogen-bond acceptors (Lipinski definition) is 5. The normalized spacial score (nSPS) is 11.9. The van der Waals surface area contributed by atoms with Crippen LogP contribution in [0.5, 0.6) is 11.5 Å². The van der Waals surface area contributed by atoms with Gasteiger partial charge in [-0.05, 0) is 35.4 Å². The van der Waals surface area contributed by atoms with Crippen LogP contribution >= 0.6 is 0 Å². The van der Waals surface area contributed by atoms with Gasteiger partial charge in [0.2, 0.25) is 0 Å². The quantitative estimate of drug-likeness (QED) is 0.871. The van der Waals surface area contributed by atoms with E-state index in [2.05, 4.69) is 4.98 Å². The fourth-order valence-electron chi connectivity index (χ4n) is 2.02. The number of aliphatic hydroxyl groups is 1. The first kappa shape index (κ1) is 14.1. The lowest BCUT2D eigenvalue weighted by molar-refractivity contribution is 0.178. The van der Waals surface area contributed by atoms with Crippen LogP contribution in [0.25, 0.3) is 0 Å². The molecule has 106 valence electrons. The van der Waals surface area contributed by atoms with Crippen LogP contribution in [-0.4, -0.2) is 24.3 Å². The lowest BCUT2D eigenvalue weighted by Gasteiger charge is -2.14. The number of benzene rings is 1. The van der Waals surface area contributed by atoms with Crippen molar-refractivity contribution in [3.63, 3.8) is 0 Å². The van der Waals surface area contributed by atoms with Crippen LogP contribution in [0.3, 0.4) is 0 Å². The number of ether oxygens (including phenoxy) is 2. The Kier molecular flexibility index (Phi) is 4.42. The summed E-state index contributed by atoms with van der Waals surface area (Å²) in [5.41, 5.74) is 7.32. The zero-order valence-electron chi connectivity index (χ0n) is 11.5. The fourth-order valence-corrected chi connectivity index (χ4v) is 2.02.